The van der Waals surface area contributed by atoms with Crippen LogP contribution in [0.25, 0.3) is 0 Å². The van der Waals surface area contributed by atoms with Gasteiger partial charge in [-0.15, -0.1) is 11.8 Å². The third-order valence-electron chi connectivity index (χ3n) is 0.566. The van der Waals surface area contributed by atoms with Gasteiger partial charge in [0.15, 0.2) is 0 Å². The quantitative estimate of drug-likeness (QED) is 0.346. The second-order valence-corrected chi connectivity index (χ2v) is 4.63. The van der Waals surface area contributed by atoms with Crippen LogP contribution in [0.3, 0.4) is 0 Å². The smallest absolute Gasteiger partial charge is 0.812 e. The largest absolute Gasteiger partial charge is 1.00 e. The minimum Gasteiger partial charge on any atom is -0.812 e. The standard InChI is InChI=1S/C4H11O3PS.2Na/c1-4(2)3-7-8(5,6)9;;/h4H,3H2,1-2H3,(H2,5,6,9);;/q;2*+1/p-2. The minimum atomic E-state index is -3.89. The minimum absolute atomic E-state index is 0. The van der Waals surface area contributed by atoms with Crippen molar-refractivity contribution < 1.29 is 73.4 Å². The fourth-order valence-electron chi connectivity index (χ4n) is 0.240. The van der Waals surface area contributed by atoms with E-state index >= 15 is 0 Å². The van der Waals surface area contributed by atoms with Crippen LogP contribution in [-0.2, 0) is 16.3 Å². The van der Waals surface area contributed by atoms with Crippen molar-refractivity contribution in [1.29, 1.82) is 0 Å². The van der Waals surface area contributed by atoms with Crippen molar-refractivity contribution >= 4 is 18.5 Å². The molecule has 0 aromatic carbocycles. The van der Waals surface area contributed by atoms with Crippen LogP contribution in [0.1, 0.15) is 13.8 Å². The van der Waals surface area contributed by atoms with Crippen molar-refractivity contribution in [3.8, 4) is 0 Å². The first-order valence-corrected chi connectivity index (χ1v) is 5.14. The predicted octanol–water partition coefficient (Wildman–Crippen LogP) is -6.39. The van der Waals surface area contributed by atoms with Crippen molar-refractivity contribution in [2.75, 3.05) is 6.61 Å². The average Bonchev–Trinajstić information content (AvgIpc) is 1.59. The molecule has 0 unspecified atom stereocenters. The summed E-state index contributed by atoms with van der Waals surface area (Å²) in [6, 6.07) is 0. The second kappa shape index (κ2) is 9.10. The molecule has 0 rings (SSSR count). The van der Waals surface area contributed by atoms with Gasteiger partial charge in [0.05, 0.1) is 6.61 Å². The second-order valence-electron chi connectivity index (χ2n) is 2.14. The molecule has 0 radical (unpaired) electrons. The molecule has 0 saturated heterocycles. The van der Waals surface area contributed by atoms with Crippen LogP contribution < -0.4 is 68.9 Å². The maximum absolute atomic E-state index is 10.2. The van der Waals surface area contributed by atoms with Gasteiger partial charge in [0.1, 0.15) is 0 Å². The van der Waals surface area contributed by atoms with Crippen LogP contribution in [0, 0.1) is 5.92 Å². The van der Waals surface area contributed by atoms with Crippen molar-refractivity contribution in [2.45, 2.75) is 13.8 Å². The Bertz CT molecular complexity index is 127. The Morgan fingerprint density at radius 2 is 1.73 bits per heavy atom. The zero-order chi connectivity index (χ0) is 7.49. The molecule has 0 fully saturated rings. The summed E-state index contributed by atoms with van der Waals surface area (Å²) in [6.45, 7) is 0.00289. The Labute approximate surface area is 117 Å². The van der Waals surface area contributed by atoms with E-state index in [0.717, 1.165) is 0 Å². The van der Waals surface area contributed by atoms with E-state index < -0.39 is 6.72 Å². The van der Waals surface area contributed by atoms with Crippen LogP contribution in [0.5, 0.6) is 0 Å². The van der Waals surface area contributed by atoms with Crippen LogP contribution in [-0.4, -0.2) is 6.61 Å². The van der Waals surface area contributed by atoms with Crippen LogP contribution >= 0.6 is 6.72 Å². The third-order valence-corrected chi connectivity index (χ3v) is 1.35. The molecule has 11 heavy (non-hydrogen) atoms. The van der Waals surface area contributed by atoms with Gasteiger partial charge in [-0.1, -0.05) is 20.6 Å². The van der Waals surface area contributed by atoms with Crippen molar-refractivity contribution in [2.24, 2.45) is 5.92 Å². The topological polar surface area (TPSA) is 55.3 Å². The molecule has 0 spiro atoms. The fourth-order valence-corrected chi connectivity index (χ4v) is 0.904. The Balaban J connectivity index is -0.000000320. The van der Waals surface area contributed by atoms with E-state index in [9.17, 15) is 9.79 Å². The van der Waals surface area contributed by atoms with E-state index in [4.69, 9.17) is 0 Å². The van der Waals surface area contributed by atoms with E-state index in [2.05, 4.69) is 16.3 Å². The summed E-state index contributed by atoms with van der Waals surface area (Å²) in [5.74, 6) is 0.204. The van der Waals surface area contributed by atoms with E-state index in [0.29, 0.717) is 0 Å². The molecule has 3 nitrogen and oxygen atoms in total. The maximum Gasteiger partial charge on any atom is 1.00 e. The van der Waals surface area contributed by atoms with Gasteiger partial charge >= 0.3 is 59.1 Å². The maximum atomic E-state index is 10.2. The fraction of sp³-hybridized carbons (Fsp3) is 1.00. The van der Waals surface area contributed by atoms with Gasteiger partial charge in [0.2, 0.25) is 0 Å². The zero-order valence-electron chi connectivity index (χ0n) is 7.36. The average molecular weight is 214 g/mol. The molecule has 0 saturated carbocycles. The molecule has 0 atom stereocenters. The predicted molar refractivity (Wildman–Crippen MR) is 35.1 cm³/mol. The van der Waals surface area contributed by atoms with Crippen LogP contribution in [0.15, 0.2) is 0 Å². The number of hydrogen-bond donors (Lipinski definition) is 0. The van der Waals surface area contributed by atoms with Crippen LogP contribution in [0.2, 0.25) is 0 Å². The molecule has 56 valence electrons. The van der Waals surface area contributed by atoms with Crippen molar-refractivity contribution in [1.82, 2.24) is 0 Å². The molecule has 0 aromatic rings. The number of hydrogen-bond acceptors (Lipinski definition) is 4. The van der Waals surface area contributed by atoms with Gasteiger partial charge in [0, 0.05) is 0 Å². The van der Waals surface area contributed by atoms with Crippen molar-refractivity contribution in [3.05, 3.63) is 0 Å². The SMILES string of the molecule is CC(C)COP([O-])([O-])=S.[Na+].[Na+]. The molecule has 0 aliphatic rings. The van der Waals surface area contributed by atoms with E-state index in [-0.39, 0.29) is 71.6 Å². The first-order chi connectivity index (χ1) is 3.92. The van der Waals surface area contributed by atoms with E-state index in [1.54, 1.807) is 0 Å². The summed E-state index contributed by atoms with van der Waals surface area (Å²) in [6.07, 6.45) is 0. The molecule has 0 heterocycles. The summed E-state index contributed by atoms with van der Waals surface area (Å²) in [4.78, 5) is 20.3. The Morgan fingerprint density at radius 3 is 1.82 bits per heavy atom. The molecule has 0 aliphatic carbocycles. The van der Waals surface area contributed by atoms with Gasteiger partial charge < -0.3 is 14.3 Å². The normalized spacial score (nSPS) is 10.3. The Hall–Kier alpha value is 2.53. The first-order valence-electron chi connectivity index (χ1n) is 2.58. The van der Waals surface area contributed by atoms with E-state index in [1.165, 1.54) is 0 Å². The first kappa shape index (κ1) is 19.2. The Kier molecular flexibility index (Phi) is 15.8. The van der Waals surface area contributed by atoms with Gasteiger partial charge in [-0.2, -0.15) is 0 Å². The molecular formula is C4H9Na2O3PS. The summed E-state index contributed by atoms with van der Waals surface area (Å²) < 4.78 is 4.31. The summed E-state index contributed by atoms with van der Waals surface area (Å²) >= 11 is 3.98. The molecule has 0 aliphatic heterocycles. The monoisotopic (exact) mass is 214 g/mol. The summed E-state index contributed by atoms with van der Waals surface area (Å²) in [7, 11) is 0. The zero-order valence-corrected chi connectivity index (χ0v) is 13.1. The van der Waals surface area contributed by atoms with Gasteiger partial charge in [0.25, 0.3) is 0 Å². The van der Waals surface area contributed by atoms with Gasteiger partial charge in [-0.3, -0.25) is 0 Å². The Morgan fingerprint density at radius 1 is 1.36 bits per heavy atom. The van der Waals surface area contributed by atoms with Crippen LogP contribution in [0.4, 0.5) is 0 Å². The molecular weight excluding hydrogens is 205 g/mol. The summed E-state index contributed by atoms with van der Waals surface area (Å²) in [5, 5.41) is 0. The third kappa shape index (κ3) is 19.1. The van der Waals surface area contributed by atoms with E-state index in [1.807, 2.05) is 13.8 Å². The summed E-state index contributed by atoms with van der Waals surface area (Å²) in [5.41, 5.74) is 0. The molecule has 0 N–H and O–H groups in total. The molecule has 0 aromatic heterocycles. The molecule has 0 amide bonds. The van der Waals surface area contributed by atoms with Crippen molar-refractivity contribution in [3.63, 3.8) is 0 Å². The molecule has 7 heteroatoms. The molecule has 0 bridgehead atoms. The number of rotatable bonds is 3. The van der Waals surface area contributed by atoms with Gasteiger partial charge in [-0.25, -0.2) is 0 Å². The van der Waals surface area contributed by atoms with Gasteiger partial charge in [-0.05, 0) is 5.92 Å².